The van der Waals surface area contributed by atoms with Crippen molar-refractivity contribution in [1.82, 2.24) is 5.32 Å². The quantitative estimate of drug-likeness (QED) is 0.726. The van der Waals surface area contributed by atoms with E-state index in [9.17, 15) is 13.2 Å². The smallest absolute Gasteiger partial charge is 0.370 e. The minimum atomic E-state index is -4.42. The van der Waals surface area contributed by atoms with Crippen LogP contribution in [0.1, 0.15) is 18.1 Å². The molecule has 1 aromatic rings. The number of hydrogen-bond acceptors (Lipinski definition) is 4. The van der Waals surface area contributed by atoms with E-state index in [0.29, 0.717) is 5.57 Å². The maximum absolute atomic E-state index is 12.7. The third-order valence-electron chi connectivity index (χ3n) is 2.96. The van der Waals surface area contributed by atoms with Gasteiger partial charge in [0.25, 0.3) is 0 Å². The number of benzene rings is 1. The van der Waals surface area contributed by atoms with Crippen molar-refractivity contribution in [2.75, 3.05) is 0 Å². The molecule has 0 spiro atoms. The van der Waals surface area contributed by atoms with Crippen molar-refractivity contribution in [1.29, 1.82) is 0 Å². The largest absolute Gasteiger partial charge is 0.416 e. The number of rotatable bonds is 1. The second kappa shape index (κ2) is 4.27. The van der Waals surface area contributed by atoms with E-state index in [4.69, 9.17) is 11.5 Å². The Morgan fingerprint density at radius 2 is 2.00 bits per heavy atom. The van der Waals surface area contributed by atoms with Gasteiger partial charge in [-0.25, -0.2) is 4.99 Å². The molecule has 2 rings (SSSR count). The third-order valence-corrected chi connectivity index (χ3v) is 2.96. The average Bonchev–Trinajstić information content (AvgIpc) is 2.33. The molecule has 102 valence electrons. The van der Waals surface area contributed by atoms with E-state index < -0.39 is 17.4 Å². The summed E-state index contributed by atoms with van der Waals surface area (Å²) in [4.78, 5) is 4.01. The Hall–Kier alpha value is -2.02. The molecule has 0 fully saturated rings. The van der Waals surface area contributed by atoms with Crippen molar-refractivity contribution in [3.8, 4) is 0 Å². The molecule has 1 unspecified atom stereocenters. The highest BCUT2D eigenvalue weighted by Gasteiger charge is 2.35. The van der Waals surface area contributed by atoms with Crippen molar-refractivity contribution in [3.63, 3.8) is 0 Å². The monoisotopic (exact) mass is 270 g/mol. The molecule has 7 heteroatoms. The highest BCUT2D eigenvalue weighted by molar-refractivity contribution is 5.81. The molecule has 0 aromatic heterocycles. The normalized spacial score (nSPS) is 23.4. The Labute approximate surface area is 108 Å². The van der Waals surface area contributed by atoms with Gasteiger partial charge in [-0.05, 0) is 30.2 Å². The van der Waals surface area contributed by atoms with Gasteiger partial charge in [-0.15, -0.1) is 0 Å². The fraction of sp³-hybridized carbons (Fsp3) is 0.250. The minimum Gasteiger partial charge on any atom is -0.370 e. The molecule has 0 amide bonds. The van der Waals surface area contributed by atoms with E-state index in [1.54, 1.807) is 6.92 Å². The Morgan fingerprint density at radius 1 is 1.32 bits per heavy atom. The zero-order valence-corrected chi connectivity index (χ0v) is 10.1. The first-order valence-corrected chi connectivity index (χ1v) is 5.49. The van der Waals surface area contributed by atoms with E-state index >= 15 is 0 Å². The van der Waals surface area contributed by atoms with Gasteiger partial charge in [-0.1, -0.05) is 12.1 Å². The second-order valence-corrected chi connectivity index (χ2v) is 4.31. The predicted octanol–water partition coefficient (Wildman–Crippen LogP) is 1.64. The number of guanidine groups is 1. The molecular weight excluding hydrogens is 257 g/mol. The van der Waals surface area contributed by atoms with Gasteiger partial charge in [0.05, 0.1) is 5.56 Å². The number of halogens is 3. The fourth-order valence-electron chi connectivity index (χ4n) is 1.83. The first-order chi connectivity index (χ1) is 8.73. The number of hydrogen-bond donors (Lipinski definition) is 3. The molecule has 1 aromatic carbocycles. The van der Waals surface area contributed by atoms with Gasteiger partial charge >= 0.3 is 6.18 Å². The predicted molar refractivity (Wildman–Crippen MR) is 65.8 cm³/mol. The molecule has 0 saturated carbocycles. The number of aliphatic imine (C=N–C) groups is 1. The lowest BCUT2D eigenvalue weighted by molar-refractivity contribution is -0.137. The molecule has 0 aliphatic carbocycles. The Bertz CT molecular complexity index is 562. The SMILES string of the molecule is CC1=CNC(N)=NC1(N)c1cccc(C(F)(F)F)c1. The highest BCUT2D eigenvalue weighted by atomic mass is 19.4. The fourth-order valence-corrected chi connectivity index (χ4v) is 1.83. The topological polar surface area (TPSA) is 76.4 Å². The summed E-state index contributed by atoms with van der Waals surface area (Å²) in [6.07, 6.45) is -2.89. The average molecular weight is 270 g/mol. The van der Waals surface area contributed by atoms with Gasteiger partial charge in [0.1, 0.15) is 0 Å². The van der Waals surface area contributed by atoms with Crippen LogP contribution >= 0.6 is 0 Å². The van der Waals surface area contributed by atoms with Gasteiger partial charge in [-0.3, -0.25) is 5.73 Å². The van der Waals surface area contributed by atoms with E-state index in [-0.39, 0.29) is 11.5 Å². The zero-order valence-electron chi connectivity index (χ0n) is 10.1. The summed E-state index contributed by atoms with van der Waals surface area (Å²) in [7, 11) is 0. The van der Waals surface area contributed by atoms with E-state index in [1.807, 2.05) is 0 Å². The Balaban J connectivity index is 2.52. The number of nitrogens with one attached hydrogen (secondary N) is 1. The number of nitrogens with two attached hydrogens (primary N) is 2. The van der Waals surface area contributed by atoms with Crippen LogP contribution in [-0.2, 0) is 11.8 Å². The maximum Gasteiger partial charge on any atom is 0.416 e. The van der Waals surface area contributed by atoms with Crippen LogP contribution in [0.15, 0.2) is 41.0 Å². The molecule has 0 bridgehead atoms. The second-order valence-electron chi connectivity index (χ2n) is 4.31. The molecule has 4 nitrogen and oxygen atoms in total. The van der Waals surface area contributed by atoms with E-state index in [2.05, 4.69) is 10.3 Å². The van der Waals surface area contributed by atoms with Gasteiger partial charge in [0.15, 0.2) is 11.6 Å². The molecular formula is C12H13F3N4. The Kier molecular flexibility index (Phi) is 3.01. The summed E-state index contributed by atoms with van der Waals surface area (Å²) in [5.41, 5.74) is 10.3. The molecule has 19 heavy (non-hydrogen) atoms. The summed E-state index contributed by atoms with van der Waals surface area (Å²) in [6.45, 7) is 1.67. The van der Waals surface area contributed by atoms with Gasteiger partial charge in [0, 0.05) is 6.20 Å². The van der Waals surface area contributed by atoms with Crippen LogP contribution < -0.4 is 16.8 Å². The summed E-state index contributed by atoms with van der Waals surface area (Å²) in [5, 5.41) is 2.67. The zero-order chi connectivity index (χ0) is 14.3. The van der Waals surface area contributed by atoms with Gasteiger partial charge < -0.3 is 11.1 Å². The van der Waals surface area contributed by atoms with Crippen LogP contribution in [-0.4, -0.2) is 5.96 Å². The third kappa shape index (κ3) is 2.41. The van der Waals surface area contributed by atoms with Crippen LogP contribution in [0.2, 0.25) is 0 Å². The lowest BCUT2D eigenvalue weighted by atomic mass is 9.92. The van der Waals surface area contributed by atoms with Crippen molar-refractivity contribution in [3.05, 3.63) is 47.2 Å². The number of nitrogens with zero attached hydrogens (tertiary/aromatic N) is 1. The summed E-state index contributed by atoms with van der Waals surface area (Å²) < 4.78 is 38.1. The molecule has 1 atom stereocenters. The van der Waals surface area contributed by atoms with Crippen molar-refractivity contribution in [2.24, 2.45) is 16.5 Å². The Morgan fingerprint density at radius 3 is 2.63 bits per heavy atom. The van der Waals surface area contributed by atoms with Crippen LogP contribution in [0.3, 0.4) is 0 Å². The lowest BCUT2D eigenvalue weighted by Gasteiger charge is -2.30. The maximum atomic E-state index is 12.7. The summed E-state index contributed by atoms with van der Waals surface area (Å²) >= 11 is 0. The van der Waals surface area contributed by atoms with Crippen molar-refractivity contribution < 1.29 is 13.2 Å². The van der Waals surface area contributed by atoms with Crippen LogP contribution in [0.4, 0.5) is 13.2 Å². The molecule has 0 saturated heterocycles. The minimum absolute atomic E-state index is 0.0607. The van der Waals surface area contributed by atoms with Crippen molar-refractivity contribution >= 4 is 5.96 Å². The van der Waals surface area contributed by atoms with Crippen LogP contribution in [0.5, 0.6) is 0 Å². The summed E-state index contributed by atoms with van der Waals surface area (Å²) in [5.74, 6) is 0.0607. The first-order valence-electron chi connectivity index (χ1n) is 5.49. The standard InChI is InChI=1S/C12H13F3N4/c1-7-6-18-10(16)19-11(7,17)8-3-2-4-9(5-8)12(13,14)15/h2-6H,17H2,1H3,(H3,16,18,19). The molecule has 1 heterocycles. The number of alkyl halides is 3. The summed E-state index contributed by atoms with van der Waals surface area (Å²) in [6, 6.07) is 4.77. The van der Waals surface area contributed by atoms with Gasteiger partial charge in [-0.2, -0.15) is 13.2 Å². The molecule has 5 N–H and O–H groups in total. The lowest BCUT2D eigenvalue weighted by Crippen LogP contribution is -2.45. The van der Waals surface area contributed by atoms with Crippen LogP contribution in [0, 0.1) is 0 Å². The molecule has 0 radical (unpaired) electrons. The van der Waals surface area contributed by atoms with Gasteiger partial charge in [0.2, 0.25) is 0 Å². The highest BCUT2D eigenvalue weighted by Crippen LogP contribution is 2.34. The first kappa shape index (κ1) is 13.4. The molecule has 1 aliphatic heterocycles. The van der Waals surface area contributed by atoms with E-state index in [1.165, 1.54) is 18.3 Å². The van der Waals surface area contributed by atoms with Crippen LogP contribution in [0.25, 0.3) is 0 Å². The van der Waals surface area contributed by atoms with E-state index in [0.717, 1.165) is 12.1 Å². The molecule has 1 aliphatic rings. The van der Waals surface area contributed by atoms with Crippen molar-refractivity contribution in [2.45, 2.75) is 18.8 Å².